The monoisotopic (exact) mass is 291 g/mol. The van der Waals surface area contributed by atoms with Gasteiger partial charge < -0.3 is 0 Å². The Morgan fingerprint density at radius 1 is 1.10 bits per heavy atom. The van der Waals surface area contributed by atoms with E-state index in [0.29, 0.717) is 5.69 Å². The van der Waals surface area contributed by atoms with Crippen LogP contribution in [0.25, 0.3) is 0 Å². The molecule has 2 amide bonds. The van der Waals surface area contributed by atoms with E-state index < -0.39 is 5.91 Å². The van der Waals surface area contributed by atoms with Crippen molar-refractivity contribution in [1.29, 1.82) is 0 Å². The molecule has 102 valence electrons. The van der Waals surface area contributed by atoms with Gasteiger partial charge in [-0.15, -0.1) is 10.2 Å². The van der Waals surface area contributed by atoms with Crippen LogP contribution in [-0.2, 0) is 11.2 Å². The van der Waals surface area contributed by atoms with Crippen LogP contribution in [0.2, 0.25) is 5.15 Å². The van der Waals surface area contributed by atoms with E-state index in [2.05, 4.69) is 26.0 Å². The van der Waals surface area contributed by atoms with Crippen molar-refractivity contribution in [3.63, 3.8) is 0 Å². The Kier molecular flexibility index (Phi) is 4.56. The molecule has 0 radical (unpaired) electrons. The summed E-state index contributed by atoms with van der Waals surface area (Å²) >= 11 is 5.55. The van der Waals surface area contributed by atoms with E-state index in [0.717, 1.165) is 0 Å². The molecule has 0 bridgehead atoms. The predicted molar refractivity (Wildman–Crippen MR) is 70.6 cm³/mol. The van der Waals surface area contributed by atoms with Gasteiger partial charge in [-0.05, 0) is 24.3 Å². The van der Waals surface area contributed by atoms with E-state index in [9.17, 15) is 9.59 Å². The van der Waals surface area contributed by atoms with Crippen LogP contribution in [0.15, 0.2) is 36.5 Å². The smallest absolute Gasteiger partial charge is 0.273 e. The van der Waals surface area contributed by atoms with Crippen molar-refractivity contribution in [1.82, 2.24) is 26.0 Å². The van der Waals surface area contributed by atoms with Crippen LogP contribution in [0.4, 0.5) is 0 Å². The zero-order chi connectivity index (χ0) is 14.4. The van der Waals surface area contributed by atoms with Crippen LogP contribution in [-0.4, -0.2) is 27.0 Å². The number of rotatable bonds is 3. The molecule has 2 aromatic heterocycles. The van der Waals surface area contributed by atoms with E-state index in [4.69, 9.17) is 11.6 Å². The Morgan fingerprint density at radius 3 is 2.60 bits per heavy atom. The predicted octanol–water partition coefficient (Wildman–Crippen LogP) is 0.529. The lowest BCUT2D eigenvalue weighted by Crippen LogP contribution is -2.42. The summed E-state index contributed by atoms with van der Waals surface area (Å²) in [6, 6.07) is 8.07. The highest BCUT2D eigenvalue weighted by Crippen LogP contribution is 2.01. The van der Waals surface area contributed by atoms with Crippen molar-refractivity contribution in [2.45, 2.75) is 6.42 Å². The molecule has 0 aliphatic heterocycles. The number of amides is 2. The number of halogens is 1. The molecular formula is C12H10ClN5O2. The summed E-state index contributed by atoms with van der Waals surface area (Å²) in [6.45, 7) is 0. The van der Waals surface area contributed by atoms with Crippen LogP contribution in [0.3, 0.4) is 0 Å². The van der Waals surface area contributed by atoms with E-state index in [1.807, 2.05) is 0 Å². The maximum Gasteiger partial charge on any atom is 0.290 e. The fraction of sp³-hybridized carbons (Fsp3) is 0.0833. The van der Waals surface area contributed by atoms with Gasteiger partial charge in [0.25, 0.3) is 5.91 Å². The molecule has 7 nitrogen and oxygen atoms in total. The highest BCUT2D eigenvalue weighted by atomic mass is 35.5. The van der Waals surface area contributed by atoms with Gasteiger partial charge in [-0.1, -0.05) is 17.7 Å². The third kappa shape index (κ3) is 3.99. The van der Waals surface area contributed by atoms with Gasteiger partial charge >= 0.3 is 0 Å². The third-order valence-corrected chi connectivity index (χ3v) is 2.45. The first-order chi connectivity index (χ1) is 9.65. The second-order valence-corrected chi connectivity index (χ2v) is 4.13. The average molecular weight is 292 g/mol. The highest BCUT2D eigenvalue weighted by molar-refractivity contribution is 6.29. The van der Waals surface area contributed by atoms with Gasteiger partial charge in [-0.25, -0.2) is 0 Å². The number of hydrogen-bond acceptors (Lipinski definition) is 5. The molecule has 0 aliphatic rings. The molecule has 2 N–H and O–H groups in total. The lowest BCUT2D eigenvalue weighted by molar-refractivity contribution is -0.121. The largest absolute Gasteiger partial charge is 0.290 e. The number of hydrogen-bond donors (Lipinski definition) is 2. The minimum absolute atomic E-state index is 0.0486. The Labute approximate surface area is 119 Å². The first kappa shape index (κ1) is 13.9. The molecule has 2 heterocycles. The van der Waals surface area contributed by atoms with Gasteiger partial charge in [0, 0.05) is 11.9 Å². The molecule has 20 heavy (non-hydrogen) atoms. The van der Waals surface area contributed by atoms with Crippen molar-refractivity contribution in [3.05, 3.63) is 53.1 Å². The minimum Gasteiger partial charge on any atom is -0.273 e. The Balaban J connectivity index is 1.84. The van der Waals surface area contributed by atoms with E-state index >= 15 is 0 Å². The molecule has 2 aromatic rings. The van der Waals surface area contributed by atoms with Gasteiger partial charge in [0.15, 0.2) is 10.8 Å². The van der Waals surface area contributed by atoms with Crippen LogP contribution < -0.4 is 10.9 Å². The van der Waals surface area contributed by atoms with Gasteiger partial charge in [0.2, 0.25) is 5.91 Å². The van der Waals surface area contributed by atoms with Gasteiger partial charge in [0.1, 0.15) is 0 Å². The van der Waals surface area contributed by atoms with Crippen LogP contribution in [0, 0.1) is 0 Å². The molecule has 0 saturated heterocycles. The number of hydrazine groups is 1. The number of nitrogens with zero attached hydrogens (tertiary/aromatic N) is 3. The summed E-state index contributed by atoms with van der Waals surface area (Å²) in [5.41, 5.74) is 5.14. The Morgan fingerprint density at radius 2 is 1.95 bits per heavy atom. The topological polar surface area (TPSA) is 96.9 Å². The number of carbonyl (C=O) groups excluding carboxylic acids is 2. The first-order valence-electron chi connectivity index (χ1n) is 5.63. The van der Waals surface area contributed by atoms with Crippen molar-refractivity contribution in [3.8, 4) is 0 Å². The lowest BCUT2D eigenvalue weighted by atomic mass is 10.3. The Hall–Kier alpha value is -2.54. The molecule has 0 aliphatic carbocycles. The van der Waals surface area contributed by atoms with Crippen molar-refractivity contribution < 1.29 is 9.59 Å². The van der Waals surface area contributed by atoms with E-state index in [1.54, 1.807) is 24.4 Å². The lowest BCUT2D eigenvalue weighted by Gasteiger charge is -2.06. The van der Waals surface area contributed by atoms with Gasteiger partial charge in [-0.2, -0.15) is 0 Å². The molecule has 0 aromatic carbocycles. The fourth-order valence-electron chi connectivity index (χ4n) is 1.34. The normalized spacial score (nSPS) is 9.85. The second-order valence-electron chi connectivity index (χ2n) is 3.74. The summed E-state index contributed by atoms with van der Waals surface area (Å²) in [4.78, 5) is 27.2. The van der Waals surface area contributed by atoms with Crippen molar-refractivity contribution >= 4 is 23.4 Å². The maximum absolute atomic E-state index is 11.6. The summed E-state index contributed by atoms with van der Waals surface area (Å²) in [5.74, 6) is -0.970. The van der Waals surface area contributed by atoms with Gasteiger partial charge in [0.05, 0.1) is 6.42 Å². The number of carbonyl (C=O) groups is 2. The second kappa shape index (κ2) is 6.58. The number of nitrogens with one attached hydrogen (secondary N) is 2. The summed E-state index contributed by atoms with van der Waals surface area (Å²) in [6.07, 6.45) is 1.65. The zero-order valence-corrected chi connectivity index (χ0v) is 11.0. The molecule has 0 unspecified atom stereocenters. The van der Waals surface area contributed by atoms with Crippen LogP contribution in [0.1, 0.15) is 16.2 Å². The first-order valence-corrected chi connectivity index (χ1v) is 6.01. The fourth-order valence-corrected chi connectivity index (χ4v) is 1.44. The molecule has 0 saturated carbocycles. The van der Waals surface area contributed by atoms with E-state index in [-0.39, 0.29) is 23.2 Å². The highest BCUT2D eigenvalue weighted by Gasteiger charge is 2.10. The van der Waals surface area contributed by atoms with Gasteiger partial charge in [-0.3, -0.25) is 25.4 Å². The molecular weight excluding hydrogens is 282 g/mol. The summed E-state index contributed by atoms with van der Waals surface area (Å²) < 4.78 is 0. The standard InChI is InChI=1S/C12H10ClN5O2/c13-10-5-4-9(15-16-10)12(20)18-17-11(19)7-8-3-1-2-6-14-8/h1-6H,7H2,(H,17,19)(H,18,20). The van der Waals surface area contributed by atoms with Crippen molar-refractivity contribution in [2.24, 2.45) is 0 Å². The quantitative estimate of drug-likeness (QED) is 0.804. The molecule has 0 atom stereocenters. The Bertz CT molecular complexity index is 603. The van der Waals surface area contributed by atoms with Crippen LogP contribution in [0.5, 0.6) is 0 Å². The third-order valence-electron chi connectivity index (χ3n) is 2.25. The summed E-state index contributed by atoms with van der Waals surface area (Å²) in [7, 11) is 0. The minimum atomic E-state index is -0.580. The molecule has 0 fully saturated rings. The molecule has 2 rings (SSSR count). The summed E-state index contributed by atoms with van der Waals surface area (Å²) in [5, 5.41) is 7.29. The van der Waals surface area contributed by atoms with Crippen molar-refractivity contribution in [2.75, 3.05) is 0 Å². The average Bonchev–Trinajstić information content (AvgIpc) is 2.46. The van der Waals surface area contributed by atoms with Crippen LogP contribution >= 0.6 is 11.6 Å². The number of pyridine rings is 1. The maximum atomic E-state index is 11.6. The molecule has 0 spiro atoms. The molecule has 8 heteroatoms. The zero-order valence-electron chi connectivity index (χ0n) is 10.2. The number of aromatic nitrogens is 3. The van der Waals surface area contributed by atoms with E-state index in [1.165, 1.54) is 12.1 Å². The SMILES string of the molecule is O=C(Cc1ccccn1)NNC(=O)c1ccc(Cl)nn1.